The van der Waals surface area contributed by atoms with Crippen LogP contribution in [0.3, 0.4) is 0 Å². The number of halogens is 3. The van der Waals surface area contributed by atoms with E-state index in [1.54, 1.807) is 48.8 Å². The number of alkyl halides is 3. The first kappa shape index (κ1) is 33.5. The number of pyridine rings is 1. The van der Waals surface area contributed by atoms with Crippen LogP contribution in [-0.2, 0) is 26.2 Å². The predicted molar refractivity (Wildman–Crippen MR) is 151 cm³/mol. The summed E-state index contributed by atoms with van der Waals surface area (Å²) in [6, 6.07) is 16.9. The van der Waals surface area contributed by atoms with E-state index in [2.05, 4.69) is 10.3 Å². The quantitative estimate of drug-likeness (QED) is 0.335. The molecule has 1 aromatic heterocycles. The lowest BCUT2D eigenvalue weighted by molar-refractivity contribution is -0.192. The average molecular weight is 624 g/mol. The number of rotatable bonds is 9. The molecule has 1 aliphatic rings. The van der Waals surface area contributed by atoms with Crippen LogP contribution in [-0.4, -0.2) is 66.2 Å². The molecule has 0 radical (unpaired) electrons. The molecule has 1 unspecified atom stereocenters. The molecule has 43 heavy (non-hydrogen) atoms. The Bertz CT molecular complexity index is 1470. The number of carboxylic acid groups (broad SMARTS) is 1. The third-order valence-corrected chi connectivity index (χ3v) is 7.87. The second-order valence-corrected chi connectivity index (χ2v) is 11.7. The first-order valence-corrected chi connectivity index (χ1v) is 14.7. The Hall–Kier alpha value is -4.01. The summed E-state index contributed by atoms with van der Waals surface area (Å²) in [6.45, 7) is 4.94. The monoisotopic (exact) mass is 623 g/mol. The maximum absolute atomic E-state index is 13.4. The molecule has 2 N–H and O–H groups in total. The number of sulfonamides is 1. The van der Waals surface area contributed by atoms with Crippen molar-refractivity contribution in [2.45, 2.75) is 56.6 Å². The van der Waals surface area contributed by atoms with E-state index in [1.807, 2.05) is 26.0 Å². The van der Waals surface area contributed by atoms with Gasteiger partial charge in [0.15, 0.2) is 0 Å². The smallest absolute Gasteiger partial charge is 0.490 e. The van der Waals surface area contributed by atoms with E-state index in [0.29, 0.717) is 31.0 Å². The lowest BCUT2D eigenvalue weighted by Gasteiger charge is -2.32. The summed E-state index contributed by atoms with van der Waals surface area (Å²) in [5, 5.41) is 9.93. The minimum absolute atomic E-state index is 0.0537. The van der Waals surface area contributed by atoms with Crippen LogP contribution in [0.2, 0.25) is 0 Å². The third-order valence-electron chi connectivity index (χ3n) is 6.01. The summed E-state index contributed by atoms with van der Waals surface area (Å²) in [6.07, 6.45) is -0.308. The molecule has 1 fully saturated rings. The molecular formula is C29H32F3N3O7S. The van der Waals surface area contributed by atoms with E-state index in [1.165, 1.54) is 16.4 Å². The van der Waals surface area contributed by atoms with Gasteiger partial charge in [0.25, 0.3) is 5.91 Å². The van der Waals surface area contributed by atoms with Gasteiger partial charge in [0, 0.05) is 36.7 Å². The molecule has 2 heterocycles. The highest BCUT2D eigenvalue weighted by atomic mass is 32.2. The first-order valence-electron chi connectivity index (χ1n) is 13.2. The summed E-state index contributed by atoms with van der Waals surface area (Å²) in [5.74, 6) is -2.44. The molecule has 1 saturated heterocycles. The van der Waals surface area contributed by atoms with Gasteiger partial charge in [-0.05, 0) is 80.8 Å². The minimum Gasteiger partial charge on any atom is -0.491 e. The van der Waals surface area contributed by atoms with Gasteiger partial charge in [0.05, 0.1) is 23.7 Å². The largest absolute Gasteiger partial charge is 0.491 e. The van der Waals surface area contributed by atoms with Crippen molar-refractivity contribution in [3.63, 3.8) is 0 Å². The fourth-order valence-corrected chi connectivity index (χ4v) is 5.55. The SMILES string of the molecule is CC(C)Oc1ccc(NC(=O)c2cccc(S(=O)(=O)N3CCCC(OCc4cccnc4)C3)c2)cc1.O=C(O)C(F)(F)F. The number of aliphatic carboxylic acids is 1. The number of anilines is 1. The number of ether oxygens (including phenoxy) is 2. The molecule has 2 aromatic carbocycles. The highest BCUT2D eigenvalue weighted by molar-refractivity contribution is 7.89. The number of hydrogen-bond acceptors (Lipinski definition) is 7. The molecule has 10 nitrogen and oxygen atoms in total. The van der Waals surface area contributed by atoms with Crippen LogP contribution in [0.25, 0.3) is 0 Å². The topological polar surface area (TPSA) is 135 Å². The molecule has 0 bridgehead atoms. The predicted octanol–water partition coefficient (Wildman–Crippen LogP) is 5.12. The molecule has 232 valence electrons. The van der Waals surface area contributed by atoms with Crippen molar-refractivity contribution in [3.8, 4) is 5.75 Å². The molecule has 1 aliphatic heterocycles. The molecule has 1 atom stereocenters. The van der Waals surface area contributed by atoms with Crippen molar-refractivity contribution in [2.24, 2.45) is 0 Å². The van der Waals surface area contributed by atoms with E-state index < -0.39 is 22.2 Å². The van der Waals surface area contributed by atoms with E-state index in [-0.39, 0.29) is 35.1 Å². The minimum atomic E-state index is -5.08. The maximum atomic E-state index is 13.4. The van der Waals surface area contributed by atoms with Crippen molar-refractivity contribution < 1.29 is 45.8 Å². The molecule has 1 amide bonds. The Kier molecular flexibility index (Phi) is 11.6. The Morgan fingerprint density at radius 3 is 2.42 bits per heavy atom. The lowest BCUT2D eigenvalue weighted by Crippen LogP contribution is -2.43. The number of carbonyl (C=O) groups is 2. The molecular weight excluding hydrogens is 591 g/mol. The van der Waals surface area contributed by atoms with E-state index >= 15 is 0 Å². The number of piperidine rings is 1. The van der Waals surface area contributed by atoms with Crippen molar-refractivity contribution in [2.75, 3.05) is 18.4 Å². The fourth-order valence-electron chi connectivity index (χ4n) is 4.00. The normalized spacial score (nSPS) is 15.7. The zero-order chi connectivity index (χ0) is 31.6. The third kappa shape index (κ3) is 10.3. The summed E-state index contributed by atoms with van der Waals surface area (Å²) in [7, 11) is -3.78. The number of carbonyl (C=O) groups excluding carboxylic acids is 1. The van der Waals surface area contributed by atoms with Gasteiger partial charge in [0.2, 0.25) is 10.0 Å². The molecule has 0 spiro atoms. The fraction of sp³-hybridized carbons (Fsp3) is 0.345. The number of carboxylic acids is 1. The standard InChI is InChI=1S/C27H31N3O5S.C2HF3O2/c1-20(2)35-24-12-10-23(11-13-24)29-27(31)22-7-3-9-26(16-22)36(32,33)30-15-5-8-25(18-30)34-19-21-6-4-14-28-17-21;3-2(4,5)1(6)7/h3-4,6-7,9-14,16-17,20,25H,5,8,15,18-19H2,1-2H3,(H,29,31);(H,6,7). The van der Waals surface area contributed by atoms with Crippen molar-refractivity contribution in [1.29, 1.82) is 0 Å². The summed E-state index contributed by atoms with van der Waals surface area (Å²) < 4.78 is 71.5. The average Bonchev–Trinajstić information content (AvgIpc) is 2.97. The van der Waals surface area contributed by atoms with Crippen LogP contribution in [0, 0.1) is 0 Å². The van der Waals surface area contributed by atoms with Gasteiger partial charge < -0.3 is 19.9 Å². The second kappa shape index (κ2) is 14.9. The summed E-state index contributed by atoms with van der Waals surface area (Å²) in [4.78, 5) is 25.9. The van der Waals surface area contributed by atoms with Crippen molar-refractivity contribution in [3.05, 3.63) is 84.2 Å². The molecule has 0 aliphatic carbocycles. The van der Waals surface area contributed by atoms with Gasteiger partial charge in [-0.25, -0.2) is 13.2 Å². The molecule has 14 heteroatoms. The zero-order valence-corrected chi connectivity index (χ0v) is 24.3. The highest BCUT2D eigenvalue weighted by Crippen LogP contribution is 2.24. The maximum Gasteiger partial charge on any atom is 0.490 e. The van der Waals surface area contributed by atoms with Crippen LogP contribution in [0.15, 0.2) is 78.0 Å². The van der Waals surface area contributed by atoms with Crippen LogP contribution < -0.4 is 10.1 Å². The zero-order valence-electron chi connectivity index (χ0n) is 23.5. The summed E-state index contributed by atoms with van der Waals surface area (Å²) >= 11 is 0. The molecule has 0 saturated carbocycles. The molecule has 4 rings (SSSR count). The first-order chi connectivity index (χ1) is 20.3. The van der Waals surface area contributed by atoms with Gasteiger partial charge in [-0.1, -0.05) is 12.1 Å². The van der Waals surface area contributed by atoms with Crippen LogP contribution in [0.5, 0.6) is 5.75 Å². The summed E-state index contributed by atoms with van der Waals surface area (Å²) in [5.41, 5.74) is 1.80. The van der Waals surface area contributed by atoms with E-state index in [0.717, 1.165) is 12.0 Å². The lowest BCUT2D eigenvalue weighted by atomic mass is 10.1. The Labute approximate surface area is 247 Å². The van der Waals surface area contributed by atoms with E-state index in [4.69, 9.17) is 19.4 Å². The van der Waals surface area contributed by atoms with Gasteiger partial charge in [0.1, 0.15) is 5.75 Å². The number of amides is 1. The number of aromatic nitrogens is 1. The Morgan fingerprint density at radius 2 is 1.81 bits per heavy atom. The van der Waals surface area contributed by atoms with Gasteiger partial charge in [-0.3, -0.25) is 9.78 Å². The van der Waals surface area contributed by atoms with Crippen molar-refractivity contribution >= 4 is 27.6 Å². The Morgan fingerprint density at radius 1 is 1.12 bits per heavy atom. The van der Waals surface area contributed by atoms with Gasteiger partial charge >= 0.3 is 12.1 Å². The van der Waals surface area contributed by atoms with Gasteiger partial charge in [-0.2, -0.15) is 17.5 Å². The van der Waals surface area contributed by atoms with Crippen LogP contribution in [0.4, 0.5) is 18.9 Å². The Balaban J connectivity index is 0.000000646. The number of nitrogens with zero attached hydrogens (tertiary/aromatic N) is 2. The van der Waals surface area contributed by atoms with Crippen molar-refractivity contribution in [1.82, 2.24) is 9.29 Å². The van der Waals surface area contributed by atoms with Crippen LogP contribution in [0.1, 0.15) is 42.6 Å². The van der Waals surface area contributed by atoms with Crippen LogP contribution >= 0.6 is 0 Å². The second-order valence-electron chi connectivity index (χ2n) is 9.78. The van der Waals surface area contributed by atoms with E-state index in [9.17, 15) is 26.4 Å². The molecule has 3 aromatic rings. The number of benzene rings is 2. The number of nitrogens with one attached hydrogen (secondary N) is 1. The number of hydrogen-bond donors (Lipinski definition) is 2. The van der Waals surface area contributed by atoms with Gasteiger partial charge in [-0.15, -0.1) is 0 Å². The highest BCUT2D eigenvalue weighted by Gasteiger charge is 2.38.